The molecule has 0 saturated heterocycles. The second kappa shape index (κ2) is 7.74. The molecule has 2 nitrogen and oxygen atoms in total. The number of rotatable bonds is 3. The average molecular weight is 387 g/mol. The fourth-order valence-electron chi connectivity index (χ4n) is 4.80. The Morgan fingerprint density at radius 3 is 2.24 bits per heavy atom. The van der Waals surface area contributed by atoms with E-state index in [1.165, 1.54) is 59.5 Å². The average Bonchev–Trinajstić information content (AvgIpc) is 2.70. The quantitative estimate of drug-likeness (QED) is 0.513. The molecular formula is C27H34N2+2. The maximum atomic E-state index is 2.43. The minimum atomic E-state index is 0.507. The molecule has 2 heterocycles. The van der Waals surface area contributed by atoms with Crippen molar-refractivity contribution in [3.63, 3.8) is 0 Å². The Balaban J connectivity index is 1.74. The molecule has 0 N–H and O–H groups in total. The molecule has 2 aromatic heterocycles. The molecule has 3 aromatic rings. The van der Waals surface area contributed by atoms with Crippen LogP contribution < -0.4 is 9.13 Å². The molecule has 1 aliphatic rings. The van der Waals surface area contributed by atoms with Crippen LogP contribution in [0.25, 0.3) is 22.6 Å². The third-order valence-corrected chi connectivity index (χ3v) is 6.90. The normalized spacial score (nSPS) is 16.7. The van der Waals surface area contributed by atoms with Gasteiger partial charge in [0.15, 0.2) is 6.20 Å². The molecule has 0 aliphatic heterocycles. The smallest absolute Gasteiger partial charge is 0.196 e. The maximum Gasteiger partial charge on any atom is 0.277 e. The number of benzene rings is 1. The minimum absolute atomic E-state index is 0.507. The first-order valence-corrected chi connectivity index (χ1v) is 10.9. The molecule has 1 fully saturated rings. The summed E-state index contributed by atoms with van der Waals surface area (Å²) in [6.07, 6.45) is 7.49. The second-order valence-electron chi connectivity index (χ2n) is 9.56. The molecule has 29 heavy (non-hydrogen) atoms. The Morgan fingerprint density at radius 1 is 0.828 bits per heavy atom. The van der Waals surface area contributed by atoms with E-state index in [0.29, 0.717) is 11.3 Å². The van der Waals surface area contributed by atoms with Gasteiger partial charge in [-0.25, -0.2) is 0 Å². The molecule has 0 amide bonds. The van der Waals surface area contributed by atoms with Gasteiger partial charge in [-0.1, -0.05) is 32.0 Å². The Kier molecular flexibility index (Phi) is 5.29. The Hall–Kier alpha value is -2.48. The molecule has 0 bridgehead atoms. The van der Waals surface area contributed by atoms with Gasteiger partial charge in [0, 0.05) is 29.8 Å². The summed E-state index contributed by atoms with van der Waals surface area (Å²) in [6.45, 7) is 7.01. The van der Waals surface area contributed by atoms with E-state index in [1.54, 1.807) is 0 Å². The van der Waals surface area contributed by atoms with Gasteiger partial charge in [-0.15, -0.1) is 0 Å². The van der Waals surface area contributed by atoms with Crippen LogP contribution in [0.1, 0.15) is 56.6 Å². The van der Waals surface area contributed by atoms with Crippen molar-refractivity contribution in [1.82, 2.24) is 0 Å². The van der Waals surface area contributed by atoms with Crippen LogP contribution in [-0.2, 0) is 14.1 Å². The molecule has 0 radical (unpaired) electrons. The molecule has 0 atom stereocenters. The predicted octanol–water partition coefficient (Wildman–Crippen LogP) is 5.66. The third kappa shape index (κ3) is 3.99. The van der Waals surface area contributed by atoms with Crippen LogP contribution in [-0.4, -0.2) is 0 Å². The second-order valence-corrected chi connectivity index (χ2v) is 9.56. The highest BCUT2D eigenvalue weighted by Crippen LogP contribution is 2.42. The lowest BCUT2D eigenvalue weighted by Gasteiger charge is -2.34. The van der Waals surface area contributed by atoms with Gasteiger partial charge in [0.2, 0.25) is 5.69 Å². The Morgan fingerprint density at radius 2 is 1.52 bits per heavy atom. The number of hydrogen-bond acceptors (Lipinski definition) is 0. The van der Waals surface area contributed by atoms with E-state index in [2.05, 4.69) is 105 Å². The van der Waals surface area contributed by atoms with Crippen LogP contribution >= 0.6 is 0 Å². The molecule has 1 saturated carbocycles. The van der Waals surface area contributed by atoms with Crippen molar-refractivity contribution in [1.29, 1.82) is 0 Å². The lowest BCUT2D eigenvalue weighted by Crippen LogP contribution is -2.40. The van der Waals surface area contributed by atoms with Gasteiger partial charge in [0.05, 0.1) is 0 Å². The number of aromatic nitrogens is 2. The summed E-state index contributed by atoms with van der Waals surface area (Å²) in [5.41, 5.74) is 8.40. The third-order valence-electron chi connectivity index (χ3n) is 6.90. The topological polar surface area (TPSA) is 7.76 Å². The van der Waals surface area contributed by atoms with Gasteiger partial charge in [-0.2, -0.15) is 9.13 Å². The molecule has 0 spiro atoms. The summed E-state index contributed by atoms with van der Waals surface area (Å²) < 4.78 is 4.60. The number of aryl methyl sites for hydroxylation is 2. The molecule has 150 valence electrons. The molecule has 2 heteroatoms. The highest BCUT2D eigenvalue weighted by atomic mass is 15.0. The highest BCUT2D eigenvalue weighted by Gasteiger charge is 2.30. The van der Waals surface area contributed by atoms with Crippen LogP contribution in [0.3, 0.4) is 0 Å². The Labute approximate surface area is 175 Å². The summed E-state index contributed by atoms with van der Waals surface area (Å²) in [5.74, 6) is 0.688. The summed E-state index contributed by atoms with van der Waals surface area (Å²) in [7, 11) is 4.34. The van der Waals surface area contributed by atoms with E-state index in [4.69, 9.17) is 0 Å². The van der Waals surface area contributed by atoms with Crippen LogP contribution in [0.4, 0.5) is 0 Å². The standard InChI is InChI=1S/C27H34N2/c1-20-9-6-7-10-23(20)24-11-8-12-25(29(24)5)26-19-22(15-18-28(26)4)21-13-16-27(2,3)17-14-21/h6-12,15,18-19,21H,13-14,16-17H2,1-5H3/q+2. The fraction of sp³-hybridized carbons (Fsp3) is 0.407. The van der Waals surface area contributed by atoms with Crippen LogP contribution in [0.5, 0.6) is 0 Å². The molecular weight excluding hydrogens is 352 g/mol. The van der Waals surface area contributed by atoms with Crippen LogP contribution in [0, 0.1) is 12.3 Å². The predicted molar refractivity (Wildman–Crippen MR) is 119 cm³/mol. The molecule has 0 unspecified atom stereocenters. The first-order valence-electron chi connectivity index (χ1n) is 10.9. The van der Waals surface area contributed by atoms with Gasteiger partial charge in [0.25, 0.3) is 11.4 Å². The lowest BCUT2D eigenvalue weighted by molar-refractivity contribution is -0.685. The van der Waals surface area contributed by atoms with Gasteiger partial charge < -0.3 is 0 Å². The maximum absolute atomic E-state index is 2.43. The van der Waals surface area contributed by atoms with E-state index in [-0.39, 0.29) is 0 Å². The summed E-state index contributed by atoms with van der Waals surface area (Å²) in [5, 5.41) is 0. The van der Waals surface area contributed by atoms with Gasteiger partial charge in [-0.05, 0) is 67.2 Å². The highest BCUT2D eigenvalue weighted by molar-refractivity contribution is 5.62. The van der Waals surface area contributed by atoms with E-state index >= 15 is 0 Å². The molecule has 1 aromatic carbocycles. The first-order chi connectivity index (χ1) is 13.9. The van der Waals surface area contributed by atoms with Gasteiger partial charge in [0.1, 0.15) is 14.1 Å². The zero-order valence-electron chi connectivity index (χ0n) is 18.6. The number of hydrogen-bond donors (Lipinski definition) is 0. The van der Waals surface area contributed by atoms with Crippen molar-refractivity contribution >= 4 is 0 Å². The van der Waals surface area contributed by atoms with E-state index < -0.39 is 0 Å². The summed E-state index contributed by atoms with van der Waals surface area (Å²) >= 11 is 0. The summed E-state index contributed by atoms with van der Waals surface area (Å²) in [6, 6.07) is 20.0. The SMILES string of the molecule is Cc1ccccc1-c1cccc(-c2cc(C3CCC(C)(C)CC3)cc[n+]2C)[n+]1C. The summed E-state index contributed by atoms with van der Waals surface area (Å²) in [4.78, 5) is 0. The Bertz CT molecular complexity index is 1020. The zero-order chi connectivity index (χ0) is 20.6. The first kappa shape index (κ1) is 19.8. The van der Waals surface area contributed by atoms with E-state index in [1.807, 2.05) is 0 Å². The van der Waals surface area contributed by atoms with Crippen LogP contribution in [0.15, 0.2) is 60.8 Å². The van der Waals surface area contributed by atoms with Crippen molar-refractivity contribution < 1.29 is 9.13 Å². The van der Waals surface area contributed by atoms with Crippen molar-refractivity contribution in [2.75, 3.05) is 0 Å². The van der Waals surface area contributed by atoms with Crippen molar-refractivity contribution in [2.24, 2.45) is 19.5 Å². The zero-order valence-corrected chi connectivity index (χ0v) is 18.6. The fourth-order valence-corrected chi connectivity index (χ4v) is 4.80. The lowest BCUT2D eigenvalue weighted by atomic mass is 9.71. The van der Waals surface area contributed by atoms with Gasteiger partial charge in [-0.3, -0.25) is 0 Å². The van der Waals surface area contributed by atoms with E-state index in [9.17, 15) is 0 Å². The number of nitrogens with zero attached hydrogens (tertiary/aromatic N) is 2. The molecule has 4 rings (SSSR count). The molecule has 1 aliphatic carbocycles. The monoisotopic (exact) mass is 386 g/mol. The minimum Gasteiger partial charge on any atom is -0.196 e. The van der Waals surface area contributed by atoms with Crippen molar-refractivity contribution in [2.45, 2.75) is 52.4 Å². The van der Waals surface area contributed by atoms with Crippen molar-refractivity contribution in [3.05, 3.63) is 71.9 Å². The number of pyridine rings is 2. The van der Waals surface area contributed by atoms with E-state index in [0.717, 1.165) is 0 Å². The van der Waals surface area contributed by atoms with Crippen LogP contribution in [0.2, 0.25) is 0 Å². The van der Waals surface area contributed by atoms with Crippen molar-refractivity contribution in [3.8, 4) is 22.6 Å². The largest absolute Gasteiger partial charge is 0.277 e. The van der Waals surface area contributed by atoms with Gasteiger partial charge >= 0.3 is 0 Å².